The lowest BCUT2D eigenvalue weighted by Crippen LogP contribution is -2.23. The van der Waals surface area contributed by atoms with Gasteiger partial charge in [-0.05, 0) is 31.6 Å². The van der Waals surface area contributed by atoms with Crippen LogP contribution in [-0.2, 0) is 5.41 Å². The summed E-state index contributed by atoms with van der Waals surface area (Å²) in [6.07, 6.45) is 2.19. The number of fused-ring (bicyclic) bond motifs is 2. The zero-order valence-electron chi connectivity index (χ0n) is 18.0. The Morgan fingerprint density at radius 2 is 1.64 bits per heavy atom. The molecule has 1 N–H and O–H groups in total. The third-order valence-electron chi connectivity index (χ3n) is 5.57. The van der Waals surface area contributed by atoms with Gasteiger partial charge in [-0.15, -0.1) is 0 Å². The fourth-order valence-electron chi connectivity index (χ4n) is 4.11. The molecule has 28 heavy (non-hydrogen) atoms. The van der Waals surface area contributed by atoms with E-state index >= 15 is 0 Å². The fraction of sp³-hybridized carbons (Fsp3) is 0.571. The SMILES string of the molecule is CC(C)c1[nH]c2nc(C(C)(C)c3nc4scnn4c3C(C)C)cn2c1C(C)C. The molecule has 7 heteroatoms. The Kier molecular flexibility index (Phi) is 4.41. The molecule has 4 heterocycles. The van der Waals surface area contributed by atoms with E-state index in [2.05, 4.69) is 76.1 Å². The van der Waals surface area contributed by atoms with Crippen molar-refractivity contribution in [3.05, 3.63) is 40.2 Å². The van der Waals surface area contributed by atoms with Crippen LogP contribution in [0, 0.1) is 0 Å². The summed E-state index contributed by atoms with van der Waals surface area (Å²) in [6.45, 7) is 17.8. The lowest BCUT2D eigenvalue weighted by Gasteiger charge is -2.23. The highest BCUT2D eigenvalue weighted by molar-refractivity contribution is 7.14. The number of hydrogen-bond acceptors (Lipinski definition) is 4. The maximum absolute atomic E-state index is 5.00. The molecule has 0 spiro atoms. The van der Waals surface area contributed by atoms with Crippen LogP contribution in [0.1, 0.15) is 102 Å². The average molecular weight is 399 g/mol. The van der Waals surface area contributed by atoms with Crippen molar-refractivity contribution in [2.45, 2.75) is 78.6 Å². The van der Waals surface area contributed by atoms with Gasteiger partial charge in [-0.3, -0.25) is 4.40 Å². The van der Waals surface area contributed by atoms with Crippen molar-refractivity contribution in [3.8, 4) is 0 Å². The van der Waals surface area contributed by atoms with Gasteiger partial charge in [0.15, 0.2) is 0 Å². The van der Waals surface area contributed by atoms with Crippen molar-refractivity contribution in [3.63, 3.8) is 0 Å². The van der Waals surface area contributed by atoms with E-state index in [0.717, 1.165) is 22.1 Å². The van der Waals surface area contributed by atoms with Crippen LogP contribution in [0.15, 0.2) is 11.7 Å². The quantitative estimate of drug-likeness (QED) is 0.485. The summed E-state index contributed by atoms with van der Waals surface area (Å²) in [7, 11) is 0. The summed E-state index contributed by atoms with van der Waals surface area (Å²) >= 11 is 1.58. The first kappa shape index (κ1) is 19.2. The van der Waals surface area contributed by atoms with E-state index in [0.29, 0.717) is 17.8 Å². The smallest absolute Gasteiger partial charge is 0.212 e. The van der Waals surface area contributed by atoms with Crippen LogP contribution in [-0.4, -0.2) is 29.0 Å². The van der Waals surface area contributed by atoms with Gasteiger partial charge in [0.25, 0.3) is 0 Å². The maximum atomic E-state index is 5.00. The first-order chi connectivity index (χ1) is 13.1. The largest absolute Gasteiger partial charge is 0.327 e. The molecule has 0 unspecified atom stereocenters. The predicted molar refractivity (Wildman–Crippen MR) is 115 cm³/mol. The van der Waals surface area contributed by atoms with E-state index in [1.54, 1.807) is 11.3 Å². The Bertz CT molecular complexity index is 1130. The Labute approximate surface area is 170 Å². The summed E-state index contributed by atoms with van der Waals surface area (Å²) in [6, 6.07) is 0. The number of rotatable bonds is 5. The van der Waals surface area contributed by atoms with Gasteiger partial charge in [-0.25, -0.2) is 14.5 Å². The maximum Gasteiger partial charge on any atom is 0.212 e. The molecule has 0 saturated heterocycles. The fourth-order valence-corrected chi connectivity index (χ4v) is 4.73. The Morgan fingerprint density at radius 3 is 2.25 bits per heavy atom. The van der Waals surface area contributed by atoms with E-state index in [4.69, 9.17) is 9.97 Å². The van der Waals surface area contributed by atoms with Gasteiger partial charge < -0.3 is 4.98 Å². The number of nitrogens with one attached hydrogen (secondary N) is 1. The molecule has 0 fully saturated rings. The monoisotopic (exact) mass is 398 g/mol. The Morgan fingerprint density at radius 1 is 0.964 bits per heavy atom. The molecule has 4 aromatic heterocycles. The molecule has 0 saturated carbocycles. The van der Waals surface area contributed by atoms with E-state index in [1.165, 1.54) is 17.1 Å². The Balaban J connectivity index is 1.90. The van der Waals surface area contributed by atoms with Gasteiger partial charge in [0.05, 0.1) is 22.5 Å². The van der Waals surface area contributed by atoms with Gasteiger partial charge in [-0.1, -0.05) is 52.9 Å². The highest BCUT2D eigenvalue weighted by Crippen LogP contribution is 2.37. The lowest BCUT2D eigenvalue weighted by atomic mass is 9.83. The minimum absolute atomic E-state index is 0.313. The normalized spacial score (nSPS) is 13.2. The molecule has 0 aliphatic rings. The second-order valence-electron chi connectivity index (χ2n) is 9.11. The third-order valence-corrected chi connectivity index (χ3v) is 6.25. The molecular weight excluding hydrogens is 368 g/mol. The molecule has 4 aromatic rings. The van der Waals surface area contributed by atoms with Crippen LogP contribution >= 0.6 is 11.3 Å². The lowest BCUT2D eigenvalue weighted by molar-refractivity contribution is 0.582. The molecule has 0 radical (unpaired) electrons. The third kappa shape index (κ3) is 2.70. The van der Waals surface area contributed by atoms with E-state index in [-0.39, 0.29) is 5.41 Å². The van der Waals surface area contributed by atoms with Crippen LogP contribution in [0.5, 0.6) is 0 Å². The first-order valence-corrected chi connectivity index (χ1v) is 10.9. The molecule has 150 valence electrons. The van der Waals surface area contributed by atoms with E-state index in [1.807, 2.05) is 10.0 Å². The van der Waals surface area contributed by atoms with Crippen LogP contribution in [0.3, 0.4) is 0 Å². The number of imidazole rings is 3. The zero-order chi connectivity index (χ0) is 20.4. The molecule has 0 aliphatic carbocycles. The van der Waals surface area contributed by atoms with Gasteiger partial charge in [-0.2, -0.15) is 5.10 Å². The number of H-pyrrole nitrogens is 1. The van der Waals surface area contributed by atoms with Crippen molar-refractivity contribution in [1.82, 2.24) is 29.0 Å². The minimum atomic E-state index is -0.313. The van der Waals surface area contributed by atoms with Crippen molar-refractivity contribution >= 4 is 22.1 Å². The van der Waals surface area contributed by atoms with Crippen molar-refractivity contribution < 1.29 is 0 Å². The second kappa shape index (κ2) is 6.44. The molecule has 0 bridgehead atoms. The number of aromatic amines is 1. The Hall–Kier alpha value is -2.15. The number of nitrogens with zero attached hydrogens (tertiary/aromatic N) is 5. The van der Waals surface area contributed by atoms with E-state index < -0.39 is 0 Å². The standard InChI is InChI=1S/C21H30N6S/c1-11(2)15-16(12(3)4)26-9-14(23-19(26)24-15)21(7,8)18-17(13(5)6)27-20(25-18)28-10-22-27/h9-13H,1-8H3,(H,23,24). The van der Waals surface area contributed by atoms with Gasteiger partial charge >= 0.3 is 0 Å². The topological polar surface area (TPSA) is 63.3 Å². The zero-order valence-corrected chi connectivity index (χ0v) is 18.8. The summed E-state index contributed by atoms with van der Waals surface area (Å²) in [5.41, 5.74) is 7.40. The van der Waals surface area contributed by atoms with Crippen LogP contribution in [0.2, 0.25) is 0 Å². The predicted octanol–water partition coefficient (Wildman–Crippen LogP) is 5.46. The molecular formula is C21H30N6S. The number of hydrogen-bond donors (Lipinski definition) is 1. The minimum Gasteiger partial charge on any atom is -0.327 e. The van der Waals surface area contributed by atoms with Crippen LogP contribution in [0.4, 0.5) is 0 Å². The van der Waals surface area contributed by atoms with E-state index in [9.17, 15) is 0 Å². The first-order valence-electron chi connectivity index (χ1n) is 10.1. The second-order valence-corrected chi connectivity index (χ2v) is 9.92. The van der Waals surface area contributed by atoms with Gasteiger partial charge in [0, 0.05) is 17.6 Å². The van der Waals surface area contributed by atoms with Gasteiger partial charge in [0.2, 0.25) is 10.7 Å². The van der Waals surface area contributed by atoms with Crippen LogP contribution in [0.25, 0.3) is 10.7 Å². The van der Waals surface area contributed by atoms with Crippen molar-refractivity contribution in [2.75, 3.05) is 0 Å². The average Bonchev–Trinajstić information content (AvgIpc) is 3.31. The molecule has 0 amide bonds. The summed E-state index contributed by atoms with van der Waals surface area (Å²) in [5.74, 6) is 2.11. The van der Waals surface area contributed by atoms with Crippen molar-refractivity contribution in [1.29, 1.82) is 0 Å². The number of aromatic nitrogens is 6. The summed E-state index contributed by atoms with van der Waals surface area (Å²) in [4.78, 5) is 14.5. The van der Waals surface area contributed by atoms with Crippen molar-refractivity contribution in [2.24, 2.45) is 0 Å². The molecule has 6 nitrogen and oxygen atoms in total. The van der Waals surface area contributed by atoms with Crippen LogP contribution < -0.4 is 0 Å². The molecule has 0 aromatic carbocycles. The molecule has 0 atom stereocenters. The summed E-state index contributed by atoms with van der Waals surface area (Å²) in [5, 5.41) is 4.51. The highest BCUT2D eigenvalue weighted by atomic mass is 32.1. The summed E-state index contributed by atoms with van der Waals surface area (Å²) < 4.78 is 4.23. The van der Waals surface area contributed by atoms with Gasteiger partial charge in [0.1, 0.15) is 5.51 Å². The highest BCUT2D eigenvalue weighted by Gasteiger charge is 2.35. The molecule has 4 rings (SSSR count). The molecule has 0 aliphatic heterocycles.